The predicted octanol–water partition coefficient (Wildman–Crippen LogP) is 4.59. The van der Waals surface area contributed by atoms with Gasteiger partial charge in [0, 0.05) is 40.5 Å². The minimum atomic E-state index is -4.64. The van der Waals surface area contributed by atoms with E-state index in [9.17, 15) is 22.8 Å². The molecule has 0 radical (unpaired) electrons. The fraction of sp³-hybridized carbons (Fsp3) is 0.345. The Bertz CT molecular complexity index is 1740. The number of anilines is 1. The number of aryl methyl sites for hydroxylation is 2. The van der Waals surface area contributed by atoms with Gasteiger partial charge in [0.15, 0.2) is 0 Å². The van der Waals surface area contributed by atoms with Crippen molar-refractivity contribution in [1.29, 1.82) is 0 Å². The molecule has 0 aliphatic carbocycles. The number of fused-ring (bicyclic) bond motifs is 1. The first-order chi connectivity index (χ1) is 20.4. The Morgan fingerprint density at radius 3 is 2.58 bits per heavy atom. The number of carbonyl (C=O) groups is 1. The molecule has 5 rings (SSSR count). The second kappa shape index (κ2) is 11.9. The number of rotatable bonds is 7. The number of nitrogens with one attached hydrogen (secondary N) is 1. The second-order valence-electron chi connectivity index (χ2n) is 10.4. The van der Waals surface area contributed by atoms with Crippen LogP contribution in [0.1, 0.15) is 51.9 Å². The molecule has 0 saturated carbocycles. The molecule has 1 aliphatic heterocycles. The SMILES string of the molecule is Cc1cc(C)n(-c2nc3c(c(=O)n2-c2ccc(NCCCO)nc2)C[C@@H](C)N(C(=O)c2ccc(Br)c(C(F)(F)F)c2)C3)n1. The maximum Gasteiger partial charge on any atom is 0.417 e. The van der Waals surface area contributed by atoms with Gasteiger partial charge in [-0.15, -0.1) is 0 Å². The summed E-state index contributed by atoms with van der Waals surface area (Å²) in [5.74, 6) is 0.179. The van der Waals surface area contributed by atoms with Gasteiger partial charge in [-0.2, -0.15) is 18.3 Å². The first-order valence-electron chi connectivity index (χ1n) is 13.6. The highest BCUT2D eigenvalue weighted by atomic mass is 79.9. The topological polar surface area (TPSA) is 118 Å². The highest BCUT2D eigenvalue weighted by Crippen LogP contribution is 2.36. The number of halogens is 4. The van der Waals surface area contributed by atoms with Gasteiger partial charge in [-0.1, -0.05) is 15.9 Å². The lowest BCUT2D eigenvalue weighted by molar-refractivity contribution is -0.138. The normalized spacial score (nSPS) is 15.0. The van der Waals surface area contributed by atoms with Crippen molar-refractivity contribution in [2.45, 2.75) is 52.4 Å². The van der Waals surface area contributed by atoms with E-state index >= 15 is 0 Å². The second-order valence-corrected chi connectivity index (χ2v) is 11.3. The Kier molecular flexibility index (Phi) is 8.43. The van der Waals surface area contributed by atoms with Crippen molar-refractivity contribution < 1.29 is 23.1 Å². The molecule has 1 atom stereocenters. The van der Waals surface area contributed by atoms with Crippen molar-refractivity contribution in [1.82, 2.24) is 29.2 Å². The maximum absolute atomic E-state index is 14.1. The van der Waals surface area contributed by atoms with E-state index < -0.39 is 23.7 Å². The molecule has 0 saturated heterocycles. The molecule has 10 nitrogen and oxygen atoms in total. The van der Waals surface area contributed by atoms with Crippen LogP contribution in [0.15, 0.2) is 51.9 Å². The molecule has 43 heavy (non-hydrogen) atoms. The van der Waals surface area contributed by atoms with Crippen LogP contribution in [0.4, 0.5) is 19.0 Å². The third kappa shape index (κ3) is 6.07. The molecule has 1 amide bonds. The molecule has 0 bridgehead atoms. The minimum absolute atomic E-state index is 0.0481. The van der Waals surface area contributed by atoms with Crippen LogP contribution in [0.25, 0.3) is 11.6 Å². The predicted molar refractivity (Wildman–Crippen MR) is 157 cm³/mol. The third-order valence-electron chi connectivity index (χ3n) is 7.22. The smallest absolute Gasteiger partial charge is 0.396 e. The number of pyridine rings is 1. The number of alkyl halides is 3. The minimum Gasteiger partial charge on any atom is -0.396 e. The standard InChI is InChI=1S/C29H29BrF3N7O3/c1-16-11-18(3)40(37-16)28-36-24-15-38(26(42)19-5-7-23(30)22(13-19)29(31,32)33)17(2)12-21(24)27(43)39(28)20-6-8-25(35-14-20)34-9-4-10-41/h5-8,11,13-14,17,41H,4,9-10,12,15H2,1-3H3,(H,34,35)/t17-/m1/s1. The third-order valence-corrected chi connectivity index (χ3v) is 7.91. The summed E-state index contributed by atoms with van der Waals surface area (Å²) in [4.78, 5) is 38.3. The lowest BCUT2D eigenvalue weighted by Gasteiger charge is -2.34. The number of aliphatic hydroxyl groups is 1. The quantitative estimate of drug-likeness (QED) is 0.279. The molecule has 1 aliphatic rings. The number of carbonyl (C=O) groups excluding carboxylic acids is 1. The number of nitrogens with zero attached hydrogens (tertiary/aromatic N) is 6. The summed E-state index contributed by atoms with van der Waals surface area (Å²) in [6.45, 7) is 5.90. The van der Waals surface area contributed by atoms with Gasteiger partial charge in [-0.05, 0) is 70.0 Å². The van der Waals surface area contributed by atoms with Crippen molar-refractivity contribution >= 4 is 27.7 Å². The number of aromatic nitrogens is 5. The van der Waals surface area contributed by atoms with Gasteiger partial charge in [-0.25, -0.2) is 19.2 Å². The molecule has 0 fully saturated rings. The van der Waals surface area contributed by atoms with Gasteiger partial charge in [0.2, 0.25) is 5.95 Å². The summed E-state index contributed by atoms with van der Waals surface area (Å²) in [7, 11) is 0. The lowest BCUT2D eigenvalue weighted by Crippen LogP contribution is -2.46. The number of benzene rings is 1. The Morgan fingerprint density at radius 2 is 1.95 bits per heavy atom. The molecule has 3 aromatic heterocycles. The van der Waals surface area contributed by atoms with Crippen LogP contribution in [0.2, 0.25) is 0 Å². The number of amides is 1. The average Bonchev–Trinajstić information content (AvgIpc) is 3.30. The van der Waals surface area contributed by atoms with E-state index in [0.717, 1.165) is 11.8 Å². The fourth-order valence-corrected chi connectivity index (χ4v) is 5.56. The van der Waals surface area contributed by atoms with Crippen LogP contribution in [0.3, 0.4) is 0 Å². The van der Waals surface area contributed by atoms with Crippen molar-refractivity contribution in [2.24, 2.45) is 0 Å². The Balaban J connectivity index is 1.57. The highest BCUT2D eigenvalue weighted by molar-refractivity contribution is 9.10. The van der Waals surface area contributed by atoms with Crippen LogP contribution < -0.4 is 10.9 Å². The van der Waals surface area contributed by atoms with Gasteiger partial charge in [0.25, 0.3) is 11.5 Å². The van der Waals surface area contributed by atoms with Crippen LogP contribution in [0, 0.1) is 13.8 Å². The van der Waals surface area contributed by atoms with E-state index in [1.165, 1.54) is 21.6 Å². The van der Waals surface area contributed by atoms with E-state index in [1.54, 1.807) is 29.9 Å². The van der Waals surface area contributed by atoms with Crippen LogP contribution in [-0.2, 0) is 19.1 Å². The fourth-order valence-electron chi connectivity index (χ4n) is 5.08. The summed E-state index contributed by atoms with van der Waals surface area (Å²) in [6.07, 6.45) is -2.39. The molecular weight excluding hydrogens is 631 g/mol. The zero-order valence-electron chi connectivity index (χ0n) is 23.6. The van der Waals surface area contributed by atoms with Crippen molar-refractivity contribution in [2.75, 3.05) is 18.5 Å². The zero-order chi connectivity index (χ0) is 31.1. The summed E-state index contributed by atoms with van der Waals surface area (Å²) in [6, 6.07) is 8.18. The van der Waals surface area contributed by atoms with Gasteiger partial charge in [0.1, 0.15) is 5.82 Å². The van der Waals surface area contributed by atoms with Crippen molar-refractivity contribution in [3.8, 4) is 11.6 Å². The number of hydrogen-bond acceptors (Lipinski definition) is 7. The molecule has 1 aromatic carbocycles. The molecule has 0 spiro atoms. The summed E-state index contributed by atoms with van der Waals surface area (Å²) in [5, 5.41) is 16.7. The number of aliphatic hydroxyl groups excluding tert-OH is 1. The van der Waals surface area contributed by atoms with E-state index in [0.29, 0.717) is 41.4 Å². The van der Waals surface area contributed by atoms with E-state index in [1.807, 2.05) is 19.9 Å². The Morgan fingerprint density at radius 1 is 1.19 bits per heavy atom. The summed E-state index contributed by atoms with van der Waals surface area (Å²) < 4.78 is 43.4. The van der Waals surface area contributed by atoms with Gasteiger partial charge in [-0.3, -0.25) is 9.59 Å². The summed E-state index contributed by atoms with van der Waals surface area (Å²) in [5.41, 5.74) is 1.22. The monoisotopic (exact) mass is 659 g/mol. The zero-order valence-corrected chi connectivity index (χ0v) is 25.2. The highest BCUT2D eigenvalue weighted by Gasteiger charge is 2.36. The Hall–Kier alpha value is -4.04. The first kappa shape index (κ1) is 30.4. The molecule has 4 heterocycles. The molecule has 2 N–H and O–H groups in total. The van der Waals surface area contributed by atoms with E-state index in [4.69, 9.17) is 10.1 Å². The molecule has 226 valence electrons. The van der Waals surface area contributed by atoms with E-state index in [2.05, 4.69) is 31.3 Å². The lowest BCUT2D eigenvalue weighted by atomic mass is 9.98. The van der Waals surface area contributed by atoms with Gasteiger partial charge < -0.3 is 15.3 Å². The molecule has 14 heteroatoms. The molecule has 0 unspecified atom stereocenters. The van der Waals surface area contributed by atoms with Crippen molar-refractivity contribution in [3.05, 3.63) is 91.2 Å². The first-order valence-corrected chi connectivity index (χ1v) is 14.4. The Labute approximate surface area is 253 Å². The number of hydrogen-bond donors (Lipinski definition) is 2. The van der Waals surface area contributed by atoms with Crippen LogP contribution in [0.5, 0.6) is 0 Å². The van der Waals surface area contributed by atoms with Crippen molar-refractivity contribution in [3.63, 3.8) is 0 Å². The van der Waals surface area contributed by atoms with E-state index in [-0.39, 0.29) is 41.1 Å². The van der Waals surface area contributed by atoms with Crippen LogP contribution in [-0.4, -0.2) is 59.4 Å². The van der Waals surface area contributed by atoms with Gasteiger partial charge >= 0.3 is 6.18 Å². The molecule has 4 aromatic rings. The van der Waals surface area contributed by atoms with Crippen LogP contribution >= 0.6 is 15.9 Å². The molecular formula is C29H29BrF3N7O3. The summed E-state index contributed by atoms with van der Waals surface area (Å²) >= 11 is 2.92. The average molecular weight is 660 g/mol. The maximum atomic E-state index is 14.1. The van der Waals surface area contributed by atoms with Gasteiger partial charge in [0.05, 0.1) is 35.4 Å². The largest absolute Gasteiger partial charge is 0.417 e.